The number of carbonyl (C=O) groups is 5. The van der Waals surface area contributed by atoms with Crippen LogP contribution >= 0.6 is 11.6 Å². The van der Waals surface area contributed by atoms with Gasteiger partial charge in [0.25, 0.3) is 0 Å². The number of nitrogens with one attached hydrogen (secondary N) is 1. The Hall–Kier alpha value is -6.38. The number of fused-ring (bicyclic) bond motifs is 5. The van der Waals surface area contributed by atoms with Crippen molar-refractivity contribution in [1.82, 2.24) is 10.2 Å². The highest BCUT2D eigenvalue weighted by Gasteiger charge is 2.36. The fourth-order valence-corrected chi connectivity index (χ4v) is 8.34. The number of unbranched alkanes of at least 4 members (excludes halogenated alkanes) is 1. The molecule has 0 aliphatic carbocycles. The first-order valence-electron chi connectivity index (χ1n) is 22.7. The van der Waals surface area contributed by atoms with Gasteiger partial charge in [-0.3, -0.25) is 24.0 Å². The molecule has 1 aliphatic rings. The Bertz CT molecular complexity index is 2510. The van der Waals surface area contributed by atoms with Gasteiger partial charge in [-0.05, 0) is 116 Å². The highest BCUT2D eigenvalue weighted by molar-refractivity contribution is 6.30. The third-order valence-corrected chi connectivity index (χ3v) is 12.1. The number of benzene rings is 5. The van der Waals surface area contributed by atoms with Gasteiger partial charge in [0.1, 0.15) is 42.3 Å². The largest absolute Gasteiger partial charge is 0.492 e. The molecular formula is C53H60ClN5O8. The van der Waals surface area contributed by atoms with E-state index < -0.39 is 41.5 Å². The van der Waals surface area contributed by atoms with Crippen LogP contribution in [0.2, 0.25) is 5.02 Å². The minimum Gasteiger partial charge on any atom is -0.492 e. The van der Waals surface area contributed by atoms with Crippen LogP contribution in [0.3, 0.4) is 0 Å². The third kappa shape index (κ3) is 13.2. The van der Waals surface area contributed by atoms with Gasteiger partial charge in [-0.2, -0.15) is 0 Å². The summed E-state index contributed by atoms with van der Waals surface area (Å²) >= 11 is 6.01. The Balaban J connectivity index is 1.32. The molecule has 4 atom stereocenters. The van der Waals surface area contributed by atoms with E-state index in [4.69, 9.17) is 43.0 Å². The highest BCUT2D eigenvalue weighted by Crippen LogP contribution is 2.41. The molecule has 0 aromatic heterocycles. The van der Waals surface area contributed by atoms with Crippen molar-refractivity contribution < 1.29 is 38.2 Å². The molecular weight excluding hydrogens is 870 g/mol. The summed E-state index contributed by atoms with van der Waals surface area (Å²) in [5, 5.41) is 3.48. The number of hydrogen-bond acceptors (Lipinski definition) is 11. The molecule has 0 spiro atoms. The average Bonchev–Trinajstić information content (AvgIpc) is 3.33. The highest BCUT2D eigenvalue weighted by atomic mass is 35.5. The van der Waals surface area contributed by atoms with Crippen molar-refractivity contribution in [2.24, 2.45) is 29.0 Å². The van der Waals surface area contributed by atoms with Crippen molar-refractivity contribution in [3.05, 3.63) is 131 Å². The maximum atomic E-state index is 14.9. The van der Waals surface area contributed by atoms with Gasteiger partial charge in [0.05, 0.1) is 6.04 Å². The van der Waals surface area contributed by atoms with Crippen molar-refractivity contribution in [2.45, 2.75) is 64.5 Å². The minimum atomic E-state index is -1.18. The fourth-order valence-electron chi connectivity index (χ4n) is 8.22. The zero-order chi connectivity index (χ0) is 48.0. The minimum absolute atomic E-state index is 0.109. The topological polar surface area (TPSA) is 206 Å². The number of hydrogen-bond donors (Lipinski definition) is 4. The quantitative estimate of drug-likeness (QED) is 0.0463. The Labute approximate surface area is 397 Å². The van der Waals surface area contributed by atoms with Crippen LogP contribution < -0.4 is 36.7 Å². The number of ether oxygens (including phenoxy) is 3. The van der Waals surface area contributed by atoms with Crippen molar-refractivity contribution in [2.75, 3.05) is 39.9 Å². The number of ketones is 3. The number of halogens is 1. The first-order valence-corrected chi connectivity index (χ1v) is 23.1. The molecule has 14 heteroatoms. The smallest absolute Gasteiger partial charge is 0.226 e. The van der Waals surface area contributed by atoms with Crippen molar-refractivity contribution in [1.29, 1.82) is 0 Å². The maximum Gasteiger partial charge on any atom is 0.226 e. The standard InChI is InChI=1S/C53H60ClN5O8/c1-33-28-48(62)51(39-14-22-50(66-27-25-57)45(31-39)44-29-35(7-21-49(44)65-26-24-56)30-46(34(2)60)58-52(33)63)59(3)53(64)40(6-4-5-23-55)32-47(61)38-10-8-36(9-11-38)37-12-17-42(18-13-37)67-43-19-15-41(54)16-20-43/h7-22,29,31,33,40,46,51H,4-6,23-28,30,32,55-57H2,1-3H3,(H,58,63)/t33-,40-,46+,51+/m1/s1. The number of amides is 2. The summed E-state index contributed by atoms with van der Waals surface area (Å²) in [5.74, 6) is -1.15. The molecule has 5 aromatic rings. The predicted octanol–water partition coefficient (Wildman–Crippen LogP) is 7.88. The molecule has 352 valence electrons. The summed E-state index contributed by atoms with van der Waals surface area (Å²) < 4.78 is 18.2. The summed E-state index contributed by atoms with van der Waals surface area (Å²) in [6, 6.07) is 30.6. The lowest BCUT2D eigenvalue weighted by molar-refractivity contribution is -0.142. The van der Waals surface area contributed by atoms with Crippen LogP contribution in [0, 0.1) is 11.8 Å². The van der Waals surface area contributed by atoms with Gasteiger partial charge in [-0.15, -0.1) is 0 Å². The van der Waals surface area contributed by atoms with Crippen molar-refractivity contribution >= 4 is 40.8 Å². The van der Waals surface area contributed by atoms with Crippen LogP contribution in [0.4, 0.5) is 0 Å². The molecule has 1 heterocycles. The van der Waals surface area contributed by atoms with Gasteiger partial charge in [0.2, 0.25) is 11.8 Å². The normalized spacial score (nSPS) is 16.6. The third-order valence-electron chi connectivity index (χ3n) is 11.9. The monoisotopic (exact) mass is 929 g/mol. The van der Waals surface area contributed by atoms with Crippen LogP contribution in [-0.2, 0) is 25.6 Å². The summed E-state index contributed by atoms with van der Waals surface area (Å²) in [4.78, 5) is 71.6. The Morgan fingerprint density at radius 2 is 1.33 bits per heavy atom. The molecule has 2 amide bonds. The van der Waals surface area contributed by atoms with Crippen molar-refractivity contribution in [3.63, 3.8) is 0 Å². The maximum absolute atomic E-state index is 14.9. The predicted molar refractivity (Wildman–Crippen MR) is 260 cm³/mol. The summed E-state index contributed by atoms with van der Waals surface area (Å²) in [6.07, 6.45) is 1.41. The second-order valence-corrected chi connectivity index (χ2v) is 17.4. The van der Waals surface area contributed by atoms with Gasteiger partial charge in [0, 0.05) is 66.5 Å². The van der Waals surface area contributed by atoms with Crippen LogP contribution in [0.1, 0.15) is 73.5 Å². The van der Waals surface area contributed by atoms with Crippen LogP contribution in [-0.4, -0.2) is 80.0 Å². The van der Waals surface area contributed by atoms with E-state index in [1.165, 1.54) is 11.8 Å². The molecule has 0 saturated heterocycles. The lowest BCUT2D eigenvalue weighted by Crippen LogP contribution is -2.45. The van der Waals surface area contributed by atoms with Crippen molar-refractivity contribution in [3.8, 4) is 45.3 Å². The van der Waals surface area contributed by atoms with Gasteiger partial charge < -0.3 is 41.6 Å². The summed E-state index contributed by atoms with van der Waals surface area (Å²) in [7, 11) is 1.56. The molecule has 7 N–H and O–H groups in total. The molecule has 4 bridgehead atoms. The zero-order valence-electron chi connectivity index (χ0n) is 38.3. The van der Waals surface area contributed by atoms with E-state index in [9.17, 15) is 24.0 Å². The van der Waals surface area contributed by atoms with Gasteiger partial charge >= 0.3 is 0 Å². The van der Waals surface area contributed by atoms with E-state index in [-0.39, 0.29) is 57.1 Å². The Kier molecular flexibility index (Phi) is 17.8. The van der Waals surface area contributed by atoms with Gasteiger partial charge in [-0.25, -0.2) is 0 Å². The Morgan fingerprint density at radius 3 is 1.93 bits per heavy atom. The molecule has 13 nitrogen and oxygen atoms in total. The summed E-state index contributed by atoms with van der Waals surface area (Å²) in [5.41, 5.74) is 22.2. The van der Waals surface area contributed by atoms with Crippen LogP contribution in [0.25, 0.3) is 22.3 Å². The van der Waals surface area contributed by atoms with Gasteiger partial charge in [0.15, 0.2) is 17.3 Å². The van der Waals surface area contributed by atoms with E-state index >= 15 is 0 Å². The zero-order valence-corrected chi connectivity index (χ0v) is 39.1. The van der Waals surface area contributed by atoms with Crippen LogP contribution in [0.15, 0.2) is 109 Å². The number of likely N-dealkylation sites (N-methyl/N-ethyl adjacent to an activating group) is 1. The molecule has 5 aromatic carbocycles. The molecule has 1 aliphatic heterocycles. The molecule has 0 radical (unpaired) electrons. The lowest BCUT2D eigenvalue weighted by Gasteiger charge is -2.32. The van der Waals surface area contributed by atoms with Gasteiger partial charge in [-0.1, -0.05) is 73.5 Å². The SMILES string of the molecule is CC(=O)[C@@H]1Cc2ccc(OCCN)c(c2)-c2cc(ccc2OCCN)[C@H](N(C)C(=O)[C@H](CCCCN)CC(=O)c2ccc(-c3ccc(Oc4ccc(Cl)cc4)cc3)cc2)C(=O)C[C@@H](C)C(=O)N1. The second kappa shape index (κ2) is 23.9. The van der Waals surface area contributed by atoms with E-state index in [2.05, 4.69) is 5.32 Å². The number of carbonyl (C=O) groups excluding carboxylic acids is 5. The average molecular weight is 931 g/mol. The van der Waals surface area contributed by atoms with Crippen LogP contribution in [0.5, 0.6) is 23.0 Å². The van der Waals surface area contributed by atoms with E-state index in [1.54, 1.807) is 74.6 Å². The number of rotatable bonds is 19. The molecule has 6 rings (SSSR count). The first-order chi connectivity index (χ1) is 32.3. The number of nitrogens with two attached hydrogens (primary N) is 3. The first kappa shape index (κ1) is 50.0. The molecule has 67 heavy (non-hydrogen) atoms. The summed E-state index contributed by atoms with van der Waals surface area (Å²) in [6.45, 7) is 4.32. The Morgan fingerprint density at radius 1 is 0.746 bits per heavy atom. The molecule has 0 saturated carbocycles. The van der Waals surface area contributed by atoms with E-state index in [1.807, 2.05) is 48.5 Å². The van der Waals surface area contributed by atoms with E-state index in [0.29, 0.717) is 76.1 Å². The fraction of sp³-hybridized carbons (Fsp3) is 0.340. The van der Waals surface area contributed by atoms with E-state index in [0.717, 1.165) is 16.7 Å². The number of Topliss-reactive ketones (excluding diaryl/α,β-unsaturated/α-hetero) is 3. The molecule has 0 unspecified atom stereocenters. The second-order valence-electron chi connectivity index (χ2n) is 16.9. The number of nitrogens with zero attached hydrogens (tertiary/aromatic N) is 1. The molecule has 0 fully saturated rings. The lowest BCUT2D eigenvalue weighted by atomic mass is 9.87.